The largest absolute Gasteiger partial charge is 0.492 e. The lowest BCUT2D eigenvalue weighted by molar-refractivity contribution is 0.286. The van der Waals surface area contributed by atoms with E-state index < -0.39 is 26.2 Å². The van der Waals surface area contributed by atoms with Gasteiger partial charge in [0.15, 0.2) is 4.90 Å². The predicted octanol–water partition coefficient (Wildman–Crippen LogP) is 0.400. The molecule has 0 saturated carbocycles. The van der Waals surface area contributed by atoms with Gasteiger partial charge in [-0.15, -0.1) is 0 Å². The number of hydrogen-bond acceptors (Lipinski definition) is 5. The molecule has 8 nitrogen and oxygen atoms in total. The predicted molar refractivity (Wildman–Crippen MR) is 98.2 cm³/mol. The average molecular weight is 381 g/mol. The maximum absolute atomic E-state index is 12.7. The first-order valence-corrected chi connectivity index (χ1v) is 9.42. The first-order chi connectivity index (χ1) is 12.0. The molecule has 0 fully saturated rings. The molecule has 9 heteroatoms. The van der Waals surface area contributed by atoms with E-state index in [1.165, 1.54) is 21.1 Å². The quantitative estimate of drug-likeness (QED) is 0.722. The number of rotatable bonds is 6. The van der Waals surface area contributed by atoms with Crippen molar-refractivity contribution in [2.75, 3.05) is 20.2 Å². The van der Waals surface area contributed by atoms with Gasteiger partial charge in [0, 0.05) is 33.9 Å². The molecule has 1 aromatic carbocycles. The zero-order valence-electron chi connectivity index (χ0n) is 15.5. The molecule has 1 aromatic heterocycles. The summed E-state index contributed by atoms with van der Waals surface area (Å²) in [5.41, 5.74) is 0.661. The number of aryl methyl sites for hydroxylation is 3. The van der Waals surface area contributed by atoms with Crippen molar-refractivity contribution < 1.29 is 13.2 Å². The van der Waals surface area contributed by atoms with E-state index in [4.69, 9.17) is 4.74 Å². The van der Waals surface area contributed by atoms with Gasteiger partial charge in [0.05, 0.1) is 0 Å². The smallest absolute Gasteiger partial charge is 0.330 e. The van der Waals surface area contributed by atoms with Crippen LogP contribution in [-0.4, -0.2) is 42.1 Å². The van der Waals surface area contributed by atoms with Crippen molar-refractivity contribution in [2.24, 2.45) is 14.1 Å². The van der Waals surface area contributed by atoms with Crippen LogP contribution in [0.5, 0.6) is 5.75 Å². The second-order valence-corrected chi connectivity index (χ2v) is 8.26. The second-order valence-electron chi connectivity index (χ2n) is 6.25. The van der Waals surface area contributed by atoms with Crippen LogP contribution in [-0.2, 0) is 24.1 Å². The minimum atomic E-state index is -4.04. The van der Waals surface area contributed by atoms with Crippen LogP contribution in [0.4, 0.5) is 0 Å². The Morgan fingerprint density at radius 1 is 1.08 bits per heavy atom. The molecule has 0 N–H and O–H groups in total. The summed E-state index contributed by atoms with van der Waals surface area (Å²) in [5.74, 6) is 0.659. The molecule has 0 aliphatic carbocycles. The summed E-state index contributed by atoms with van der Waals surface area (Å²) in [4.78, 5) is 23.4. The van der Waals surface area contributed by atoms with Crippen LogP contribution < -0.4 is 16.0 Å². The minimum absolute atomic E-state index is 0.0569. The molecular formula is C17H23N3O5S. The van der Waals surface area contributed by atoms with Gasteiger partial charge in [-0.05, 0) is 37.1 Å². The maximum atomic E-state index is 12.7. The number of nitrogens with zero attached hydrogens (tertiary/aromatic N) is 3. The maximum Gasteiger partial charge on any atom is 0.330 e. The fraction of sp³-hybridized carbons (Fsp3) is 0.412. The van der Waals surface area contributed by atoms with Gasteiger partial charge in [-0.3, -0.25) is 9.36 Å². The molecule has 0 amide bonds. The molecule has 142 valence electrons. The molecule has 0 unspecified atom stereocenters. The zero-order valence-corrected chi connectivity index (χ0v) is 16.3. The lowest BCUT2D eigenvalue weighted by Crippen LogP contribution is -2.42. The van der Waals surface area contributed by atoms with E-state index in [1.54, 1.807) is 0 Å². The standard InChI is InChI=1S/C17H23N3O5S/c1-12-8-13(2)10-14(9-12)25-7-6-19(4)26(23,24)15-11-18(3)17(22)20(5)16(15)21/h8-11H,6-7H2,1-5H3. The van der Waals surface area contributed by atoms with Crippen LogP contribution in [0.15, 0.2) is 38.9 Å². The number of hydrogen-bond donors (Lipinski definition) is 0. The number of aromatic nitrogens is 2. The highest BCUT2D eigenvalue weighted by molar-refractivity contribution is 7.89. The molecule has 26 heavy (non-hydrogen) atoms. The molecule has 0 radical (unpaired) electrons. The number of sulfonamides is 1. The Hall–Kier alpha value is -2.39. The van der Waals surface area contributed by atoms with E-state index in [2.05, 4.69) is 0 Å². The molecule has 1 heterocycles. The van der Waals surface area contributed by atoms with Crippen molar-refractivity contribution >= 4 is 10.0 Å². The molecule has 2 aromatic rings. The summed E-state index contributed by atoms with van der Waals surface area (Å²) < 4.78 is 33.8. The minimum Gasteiger partial charge on any atom is -0.492 e. The highest BCUT2D eigenvalue weighted by Gasteiger charge is 2.26. The van der Waals surface area contributed by atoms with Gasteiger partial charge in [-0.1, -0.05) is 6.07 Å². The van der Waals surface area contributed by atoms with E-state index >= 15 is 0 Å². The van der Waals surface area contributed by atoms with Gasteiger partial charge in [0.25, 0.3) is 5.56 Å². The second kappa shape index (κ2) is 7.46. The molecular weight excluding hydrogens is 358 g/mol. The van der Waals surface area contributed by atoms with Gasteiger partial charge in [-0.2, -0.15) is 4.31 Å². The first kappa shape index (κ1) is 19.9. The van der Waals surface area contributed by atoms with Gasteiger partial charge < -0.3 is 9.30 Å². The lowest BCUT2D eigenvalue weighted by atomic mass is 10.1. The Bertz CT molecular complexity index is 1020. The Kier molecular flexibility index (Phi) is 5.72. The number of benzene rings is 1. The Morgan fingerprint density at radius 2 is 1.65 bits per heavy atom. The van der Waals surface area contributed by atoms with E-state index in [-0.39, 0.29) is 13.2 Å². The topological polar surface area (TPSA) is 90.6 Å². The van der Waals surface area contributed by atoms with Gasteiger partial charge in [0.1, 0.15) is 12.4 Å². The van der Waals surface area contributed by atoms with Crippen LogP contribution in [0.2, 0.25) is 0 Å². The van der Waals surface area contributed by atoms with Crippen molar-refractivity contribution in [1.82, 2.24) is 13.4 Å². The average Bonchev–Trinajstić information content (AvgIpc) is 2.55. The van der Waals surface area contributed by atoms with E-state index in [0.29, 0.717) is 5.75 Å². The number of ether oxygens (including phenoxy) is 1. The normalized spacial score (nSPS) is 11.8. The molecule has 0 aliphatic rings. The van der Waals surface area contributed by atoms with Crippen molar-refractivity contribution in [1.29, 1.82) is 0 Å². The number of likely N-dealkylation sites (N-methyl/N-ethyl adjacent to an activating group) is 1. The molecule has 0 spiro atoms. The Morgan fingerprint density at radius 3 is 2.23 bits per heavy atom. The molecule has 2 rings (SSSR count). The Labute approximate surface area is 152 Å². The fourth-order valence-corrected chi connectivity index (χ4v) is 3.85. The van der Waals surface area contributed by atoms with Gasteiger partial charge in [-0.25, -0.2) is 13.2 Å². The summed E-state index contributed by atoms with van der Waals surface area (Å²) in [7, 11) is -0.0403. The molecule has 0 saturated heterocycles. The summed E-state index contributed by atoms with van der Waals surface area (Å²) in [6.45, 7) is 4.09. The molecule has 0 bridgehead atoms. The van der Waals surface area contributed by atoms with Crippen molar-refractivity contribution in [3.8, 4) is 5.75 Å². The molecule has 0 atom stereocenters. The van der Waals surface area contributed by atoms with Crippen LogP contribution in [0.1, 0.15) is 11.1 Å². The molecule has 0 aliphatic heterocycles. The fourth-order valence-electron chi connectivity index (χ4n) is 2.55. The summed E-state index contributed by atoms with van der Waals surface area (Å²) >= 11 is 0. The summed E-state index contributed by atoms with van der Waals surface area (Å²) in [6.07, 6.45) is 1.04. The van der Waals surface area contributed by atoms with Crippen LogP contribution in [0, 0.1) is 13.8 Å². The summed E-state index contributed by atoms with van der Waals surface area (Å²) in [5, 5.41) is 0. The third-order valence-corrected chi connectivity index (χ3v) is 5.81. The van der Waals surface area contributed by atoms with Crippen LogP contribution in [0.25, 0.3) is 0 Å². The van der Waals surface area contributed by atoms with Crippen molar-refractivity contribution in [3.63, 3.8) is 0 Å². The lowest BCUT2D eigenvalue weighted by Gasteiger charge is -2.18. The SMILES string of the molecule is Cc1cc(C)cc(OCCN(C)S(=O)(=O)c2cn(C)c(=O)n(C)c2=O)c1. The van der Waals surface area contributed by atoms with Gasteiger partial charge >= 0.3 is 5.69 Å². The third-order valence-electron chi connectivity index (χ3n) is 3.97. The highest BCUT2D eigenvalue weighted by Crippen LogP contribution is 2.16. The van der Waals surface area contributed by atoms with Gasteiger partial charge in [0.2, 0.25) is 10.0 Å². The zero-order chi connectivity index (χ0) is 19.6. The van der Waals surface area contributed by atoms with Crippen molar-refractivity contribution in [3.05, 3.63) is 56.4 Å². The van der Waals surface area contributed by atoms with E-state index in [9.17, 15) is 18.0 Å². The van der Waals surface area contributed by atoms with Crippen LogP contribution in [0.3, 0.4) is 0 Å². The third kappa shape index (κ3) is 4.05. The highest BCUT2D eigenvalue weighted by atomic mass is 32.2. The Balaban J connectivity index is 2.17. The van der Waals surface area contributed by atoms with Crippen molar-refractivity contribution in [2.45, 2.75) is 18.7 Å². The monoisotopic (exact) mass is 381 g/mol. The summed E-state index contributed by atoms with van der Waals surface area (Å²) in [6, 6.07) is 5.74. The van der Waals surface area contributed by atoms with Crippen LogP contribution >= 0.6 is 0 Å². The van der Waals surface area contributed by atoms with E-state index in [1.807, 2.05) is 32.0 Å². The first-order valence-electron chi connectivity index (χ1n) is 7.98. The van der Waals surface area contributed by atoms with E-state index in [0.717, 1.165) is 30.8 Å².